The van der Waals surface area contributed by atoms with Crippen LogP contribution in [-0.4, -0.2) is 72.5 Å². The topological polar surface area (TPSA) is 131 Å². The summed E-state index contributed by atoms with van der Waals surface area (Å²) in [5, 5.41) is 14.4. The van der Waals surface area contributed by atoms with Crippen LogP contribution in [0.15, 0.2) is 60.8 Å². The van der Waals surface area contributed by atoms with Crippen molar-refractivity contribution in [1.29, 1.82) is 0 Å². The number of ether oxygens (including phenoxy) is 2. The molecule has 12 nitrogen and oxygen atoms in total. The molecule has 0 unspecified atom stereocenters. The zero-order chi connectivity index (χ0) is 29.2. The van der Waals surface area contributed by atoms with Gasteiger partial charge in [0.2, 0.25) is 0 Å². The van der Waals surface area contributed by atoms with Crippen molar-refractivity contribution in [3.63, 3.8) is 0 Å². The number of aromatic nitrogens is 7. The predicted molar refractivity (Wildman–Crippen MR) is 158 cm³/mol. The fourth-order valence-electron chi connectivity index (χ4n) is 5.02. The lowest BCUT2D eigenvalue weighted by Crippen LogP contribution is -2.37. The maximum atomic E-state index is 12.3. The van der Waals surface area contributed by atoms with Gasteiger partial charge in [-0.05, 0) is 31.4 Å². The molecule has 1 aromatic carbocycles. The molecule has 5 aromatic rings. The van der Waals surface area contributed by atoms with Crippen LogP contribution >= 0.6 is 0 Å². The molecule has 5 heterocycles. The minimum Gasteiger partial charge on any atom is -0.441 e. The van der Waals surface area contributed by atoms with E-state index in [1.165, 1.54) is 0 Å². The number of fused-ring (bicyclic) bond motifs is 1. The van der Waals surface area contributed by atoms with Crippen LogP contribution in [0.4, 0.5) is 5.82 Å². The van der Waals surface area contributed by atoms with Crippen LogP contribution < -0.4 is 10.6 Å². The van der Waals surface area contributed by atoms with Gasteiger partial charge < -0.3 is 20.1 Å². The second-order valence-corrected chi connectivity index (χ2v) is 10.9. The van der Waals surface area contributed by atoms with Crippen molar-refractivity contribution in [2.24, 2.45) is 11.7 Å². The maximum absolute atomic E-state index is 12.3. The van der Waals surface area contributed by atoms with Gasteiger partial charge in [0.05, 0.1) is 18.9 Å². The van der Waals surface area contributed by atoms with Gasteiger partial charge in [0.1, 0.15) is 23.2 Å². The van der Waals surface area contributed by atoms with Crippen molar-refractivity contribution in [3.8, 4) is 28.5 Å². The summed E-state index contributed by atoms with van der Waals surface area (Å²) in [6.45, 7) is 8.67. The first kappa shape index (κ1) is 27.6. The average Bonchev–Trinajstić information content (AvgIpc) is 3.74. The molecule has 1 aliphatic heterocycles. The Hall–Kier alpha value is -4.55. The third-order valence-electron chi connectivity index (χ3n) is 7.22. The van der Waals surface area contributed by atoms with E-state index in [1.807, 2.05) is 86.1 Å². The first-order chi connectivity index (χ1) is 20.4. The summed E-state index contributed by atoms with van der Waals surface area (Å²) < 4.78 is 16.3. The van der Waals surface area contributed by atoms with Gasteiger partial charge in [-0.15, -0.1) is 0 Å². The number of rotatable bonds is 9. The first-order valence-corrected chi connectivity index (χ1v) is 14.2. The highest BCUT2D eigenvalue weighted by atomic mass is 16.5. The number of carbonyl (C=O) groups excluding carboxylic acids is 1. The quantitative estimate of drug-likeness (QED) is 0.265. The van der Waals surface area contributed by atoms with Crippen LogP contribution in [0.25, 0.3) is 34.1 Å². The zero-order valence-electron chi connectivity index (χ0n) is 24.1. The minimum atomic E-state index is -0.656. The molecule has 4 aromatic heterocycles. The van der Waals surface area contributed by atoms with E-state index in [-0.39, 0.29) is 6.73 Å². The Morgan fingerprint density at radius 2 is 1.76 bits per heavy atom. The van der Waals surface area contributed by atoms with Crippen molar-refractivity contribution in [2.75, 3.05) is 31.2 Å². The molecular weight excluding hydrogens is 534 g/mol. The summed E-state index contributed by atoms with van der Waals surface area (Å²) >= 11 is 0. The predicted octanol–water partition coefficient (Wildman–Crippen LogP) is 3.46. The molecule has 2 N–H and O–H groups in total. The van der Waals surface area contributed by atoms with Crippen LogP contribution in [0.3, 0.4) is 0 Å². The third kappa shape index (κ3) is 5.76. The van der Waals surface area contributed by atoms with Crippen LogP contribution in [0.2, 0.25) is 0 Å². The van der Waals surface area contributed by atoms with Gasteiger partial charge in [0.25, 0.3) is 0 Å². The molecule has 12 heteroatoms. The summed E-state index contributed by atoms with van der Waals surface area (Å²) in [6, 6.07) is 17.2. The van der Waals surface area contributed by atoms with Crippen LogP contribution in [0, 0.1) is 12.8 Å². The Balaban J connectivity index is 1.32. The summed E-state index contributed by atoms with van der Waals surface area (Å²) in [4.78, 5) is 19.5. The lowest BCUT2D eigenvalue weighted by atomic mass is 10.1. The minimum absolute atomic E-state index is 0.0195. The van der Waals surface area contributed by atoms with Gasteiger partial charge in [-0.1, -0.05) is 44.2 Å². The van der Waals surface area contributed by atoms with Gasteiger partial charge in [0, 0.05) is 42.7 Å². The Morgan fingerprint density at radius 1 is 1.00 bits per heavy atom. The average molecular weight is 570 g/mol. The summed E-state index contributed by atoms with van der Waals surface area (Å²) in [5.41, 5.74) is 10.7. The van der Waals surface area contributed by atoms with Crippen molar-refractivity contribution in [2.45, 2.75) is 40.0 Å². The highest BCUT2D eigenvalue weighted by molar-refractivity contribution is 5.75. The monoisotopic (exact) mass is 569 g/mol. The number of hydrogen-bond donors (Lipinski definition) is 1. The molecule has 0 saturated carbocycles. The fourth-order valence-corrected chi connectivity index (χ4v) is 5.02. The lowest BCUT2D eigenvalue weighted by molar-refractivity contribution is -0.150. The van der Waals surface area contributed by atoms with Gasteiger partial charge in [-0.25, -0.2) is 14.3 Å². The molecule has 1 saturated heterocycles. The summed E-state index contributed by atoms with van der Waals surface area (Å²) in [5.74, 6) is 1.44. The van der Waals surface area contributed by atoms with E-state index in [1.54, 1.807) is 9.36 Å². The van der Waals surface area contributed by atoms with Crippen LogP contribution in [0.5, 0.6) is 0 Å². The second-order valence-electron chi connectivity index (χ2n) is 10.9. The van der Waals surface area contributed by atoms with E-state index in [4.69, 9.17) is 30.4 Å². The maximum Gasteiger partial charge on any atom is 0.324 e. The van der Waals surface area contributed by atoms with E-state index < -0.39 is 12.0 Å². The molecule has 0 radical (unpaired) electrons. The van der Waals surface area contributed by atoms with Gasteiger partial charge in [-0.3, -0.25) is 4.79 Å². The fraction of sp³-hybridized carbons (Fsp3) is 0.367. The Morgan fingerprint density at radius 3 is 2.52 bits per heavy atom. The van der Waals surface area contributed by atoms with E-state index in [0.717, 1.165) is 35.9 Å². The number of anilines is 1. The van der Waals surface area contributed by atoms with Crippen molar-refractivity contribution in [3.05, 3.63) is 66.5 Å². The van der Waals surface area contributed by atoms with Gasteiger partial charge >= 0.3 is 5.97 Å². The molecule has 1 atom stereocenters. The second kappa shape index (κ2) is 11.7. The van der Waals surface area contributed by atoms with Crippen molar-refractivity contribution >= 4 is 17.4 Å². The highest BCUT2D eigenvalue weighted by Crippen LogP contribution is 2.26. The standard InChI is InChI=1S/C30H35N9O3/c1-20(2)15-23(31)30(40)42-19-38-21(3)16-25(34-38)26-17-28-32-27(18-29(39(28)35-26)36-11-13-41-14-12-36)37-10-9-24(33-37)22-7-5-4-6-8-22/h4-10,16-18,20,23H,11-15,19,31H2,1-3H3/t23-/m0/s1. The van der Waals surface area contributed by atoms with Crippen molar-refractivity contribution in [1.82, 2.24) is 34.2 Å². The molecule has 1 aliphatic rings. The number of morpholine rings is 1. The van der Waals surface area contributed by atoms with E-state index in [0.29, 0.717) is 48.4 Å². The normalized spacial score (nSPS) is 14.5. The Labute approximate surface area is 243 Å². The molecule has 42 heavy (non-hydrogen) atoms. The molecule has 0 spiro atoms. The summed E-state index contributed by atoms with van der Waals surface area (Å²) in [6.07, 6.45) is 2.48. The number of nitrogens with two attached hydrogens (primary N) is 1. The molecule has 1 fully saturated rings. The molecule has 0 bridgehead atoms. The van der Waals surface area contributed by atoms with E-state index >= 15 is 0 Å². The molecule has 0 amide bonds. The van der Waals surface area contributed by atoms with E-state index in [9.17, 15) is 4.79 Å². The number of benzene rings is 1. The Kier molecular flexibility index (Phi) is 7.72. The third-order valence-corrected chi connectivity index (χ3v) is 7.22. The Bertz CT molecular complexity index is 1680. The first-order valence-electron chi connectivity index (χ1n) is 14.2. The SMILES string of the molecule is Cc1cc(-c2cc3nc(-n4ccc(-c5ccccc5)n4)cc(N4CCOCC4)n3n2)nn1COC(=O)[C@@H](N)CC(C)C. The number of nitrogens with zero attached hydrogens (tertiary/aromatic N) is 8. The molecule has 6 rings (SSSR count). The van der Waals surface area contributed by atoms with Gasteiger partial charge in [-0.2, -0.15) is 19.8 Å². The van der Waals surface area contributed by atoms with E-state index in [2.05, 4.69) is 10.00 Å². The zero-order valence-corrected chi connectivity index (χ0v) is 24.1. The summed E-state index contributed by atoms with van der Waals surface area (Å²) in [7, 11) is 0. The van der Waals surface area contributed by atoms with Gasteiger partial charge in [0.15, 0.2) is 18.2 Å². The van der Waals surface area contributed by atoms with Crippen LogP contribution in [-0.2, 0) is 21.0 Å². The molecule has 218 valence electrons. The highest BCUT2D eigenvalue weighted by Gasteiger charge is 2.21. The number of hydrogen-bond acceptors (Lipinski definition) is 9. The largest absolute Gasteiger partial charge is 0.441 e. The molecular formula is C30H35N9O3. The number of aryl methyl sites for hydroxylation is 1. The number of esters is 1. The lowest BCUT2D eigenvalue weighted by Gasteiger charge is -2.29. The molecule has 0 aliphatic carbocycles. The van der Waals surface area contributed by atoms with Crippen molar-refractivity contribution < 1.29 is 14.3 Å². The number of carbonyl (C=O) groups is 1. The van der Waals surface area contributed by atoms with Crippen LogP contribution in [0.1, 0.15) is 26.0 Å². The smallest absolute Gasteiger partial charge is 0.324 e.